The molecule has 0 aromatic heterocycles. The fraction of sp³-hybridized carbons (Fsp3) is 0.300. The van der Waals surface area contributed by atoms with Crippen molar-refractivity contribution in [3.05, 3.63) is 39.0 Å². The largest absolute Gasteiger partial charge is 0.507 e. The maximum atomic E-state index is 11.3. The Balaban J connectivity index is 3.69. The minimum Gasteiger partial charge on any atom is -0.507 e. The van der Waals surface area contributed by atoms with E-state index in [1.165, 1.54) is 6.07 Å². The first kappa shape index (κ1) is 8.78. The second-order valence-corrected chi connectivity index (χ2v) is 3.05. The second-order valence-electron chi connectivity index (χ2n) is 3.05. The van der Waals surface area contributed by atoms with Gasteiger partial charge in [0.15, 0.2) is 5.43 Å². The van der Waals surface area contributed by atoms with Crippen molar-refractivity contribution in [3.8, 4) is 5.75 Å². The smallest absolute Gasteiger partial charge is 0.185 e. The lowest BCUT2D eigenvalue weighted by Gasteiger charge is -1.93. The van der Waals surface area contributed by atoms with E-state index in [0.717, 1.165) is 11.1 Å². The highest BCUT2D eigenvalue weighted by Crippen LogP contribution is 2.16. The van der Waals surface area contributed by atoms with Gasteiger partial charge in [0.25, 0.3) is 0 Å². The molecule has 0 aliphatic rings. The van der Waals surface area contributed by atoms with Crippen molar-refractivity contribution in [1.82, 2.24) is 0 Å². The second kappa shape index (κ2) is 2.97. The molecule has 0 unspecified atom stereocenters. The van der Waals surface area contributed by atoms with E-state index in [1.807, 2.05) is 6.92 Å². The van der Waals surface area contributed by atoms with Gasteiger partial charge >= 0.3 is 0 Å². The zero-order valence-electron chi connectivity index (χ0n) is 7.51. The lowest BCUT2D eigenvalue weighted by Crippen LogP contribution is -1.99. The molecular formula is C10H12O2. The van der Waals surface area contributed by atoms with Crippen molar-refractivity contribution in [2.75, 3.05) is 0 Å². The van der Waals surface area contributed by atoms with Crippen LogP contribution in [0.4, 0.5) is 0 Å². The average Bonchev–Trinajstić information content (AvgIpc) is 2.05. The zero-order chi connectivity index (χ0) is 9.30. The van der Waals surface area contributed by atoms with E-state index < -0.39 is 0 Å². The van der Waals surface area contributed by atoms with Crippen LogP contribution in [0.3, 0.4) is 0 Å². The molecule has 0 saturated heterocycles. The molecule has 0 spiro atoms. The van der Waals surface area contributed by atoms with E-state index >= 15 is 0 Å². The highest BCUT2D eigenvalue weighted by Gasteiger charge is 2.01. The third kappa shape index (κ3) is 1.47. The normalized spacial score (nSPS) is 9.92. The van der Waals surface area contributed by atoms with Gasteiger partial charge in [-0.3, -0.25) is 4.79 Å². The van der Waals surface area contributed by atoms with Gasteiger partial charge < -0.3 is 5.11 Å². The molecule has 0 bridgehead atoms. The highest BCUT2D eigenvalue weighted by atomic mass is 16.3. The molecule has 0 heterocycles. The lowest BCUT2D eigenvalue weighted by molar-refractivity contribution is 0.467. The topological polar surface area (TPSA) is 37.3 Å². The molecule has 64 valence electrons. The molecule has 1 N–H and O–H groups in total. The number of aromatic hydroxyl groups is 1. The van der Waals surface area contributed by atoms with Gasteiger partial charge in [-0.05, 0) is 38.0 Å². The molecule has 2 heteroatoms. The summed E-state index contributed by atoms with van der Waals surface area (Å²) in [6.45, 7) is 5.26. The summed E-state index contributed by atoms with van der Waals surface area (Å²) in [7, 11) is 0. The Bertz CT molecular complexity index is 367. The molecule has 0 saturated carbocycles. The van der Waals surface area contributed by atoms with Gasteiger partial charge in [0, 0.05) is 5.56 Å². The fourth-order valence-corrected chi connectivity index (χ4v) is 1.18. The Labute approximate surface area is 71.5 Å². The molecular weight excluding hydrogens is 152 g/mol. The minimum absolute atomic E-state index is 0.105. The molecule has 0 atom stereocenters. The van der Waals surface area contributed by atoms with Gasteiger partial charge in [-0.25, -0.2) is 0 Å². The Hall–Kier alpha value is -1.31. The molecule has 1 rings (SSSR count). The molecule has 0 radical (unpaired) electrons. The van der Waals surface area contributed by atoms with Gasteiger partial charge in [0.2, 0.25) is 0 Å². The van der Waals surface area contributed by atoms with Crippen LogP contribution in [0.25, 0.3) is 0 Å². The van der Waals surface area contributed by atoms with E-state index in [4.69, 9.17) is 0 Å². The summed E-state index contributed by atoms with van der Waals surface area (Å²) in [5.41, 5.74) is 1.92. The van der Waals surface area contributed by atoms with E-state index in [2.05, 4.69) is 0 Å². The third-order valence-corrected chi connectivity index (χ3v) is 1.90. The number of hydrogen-bond acceptors (Lipinski definition) is 2. The van der Waals surface area contributed by atoms with Gasteiger partial charge in [0.1, 0.15) is 5.75 Å². The third-order valence-electron chi connectivity index (χ3n) is 1.90. The summed E-state index contributed by atoms with van der Waals surface area (Å²) >= 11 is 0. The molecule has 0 amide bonds. The van der Waals surface area contributed by atoms with Crippen LogP contribution in [0, 0.1) is 20.8 Å². The van der Waals surface area contributed by atoms with Crippen molar-refractivity contribution >= 4 is 0 Å². The van der Waals surface area contributed by atoms with E-state index in [-0.39, 0.29) is 11.2 Å². The molecule has 0 aliphatic heterocycles. The Morgan fingerprint density at radius 2 is 1.75 bits per heavy atom. The van der Waals surface area contributed by atoms with Crippen LogP contribution in [0.15, 0.2) is 16.9 Å². The van der Waals surface area contributed by atoms with Gasteiger partial charge in [0.05, 0.1) is 0 Å². The molecule has 1 aromatic carbocycles. The van der Waals surface area contributed by atoms with Crippen LogP contribution < -0.4 is 5.43 Å². The first-order valence-corrected chi connectivity index (χ1v) is 3.83. The van der Waals surface area contributed by atoms with E-state index in [9.17, 15) is 9.90 Å². The zero-order valence-corrected chi connectivity index (χ0v) is 7.51. The van der Waals surface area contributed by atoms with Crippen molar-refractivity contribution in [1.29, 1.82) is 0 Å². The average molecular weight is 164 g/mol. The van der Waals surface area contributed by atoms with E-state index in [1.54, 1.807) is 19.9 Å². The summed E-state index contributed by atoms with van der Waals surface area (Å²) in [5, 5.41) is 9.47. The summed E-state index contributed by atoms with van der Waals surface area (Å²) in [4.78, 5) is 11.3. The first-order valence-electron chi connectivity index (χ1n) is 3.83. The summed E-state index contributed by atoms with van der Waals surface area (Å²) in [5.74, 6) is 0.105. The van der Waals surface area contributed by atoms with Crippen LogP contribution >= 0.6 is 0 Å². The number of aryl methyl sites for hydroxylation is 2. The van der Waals surface area contributed by atoms with Crippen molar-refractivity contribution in [2.24, 2.45) is 0 Å². The maximum absolute atomic E-state index is 11.3. The molecule has 2 nitrogen and oxygen atoms in total. The number of hydrogen-bond donors (Lipinski definition) is 1. The van der Waals surface area contributed by atoms with Gasteiger partial charge in [-0.15, -0.1) is 0 Å². The van der Waals surface area contributed by atoms with Crippen molar-refractivity contribution in [2.45, 2.75) is 20.8 Å². The summed E-state index contributed by atoms with van der Waals surface area (Å²) in [6, 6.07) is 3.33. The van der Waals surface area contributed by atoms with Crippen LogP contribution in [0.2, 0.25) is 0 Å². The van der Waals surface area contributed by atoms with Crippen LogP contribution in [0.5, 0.6) is 5.75 Å². The highest BCUT2D eigenvalue weighted by molar-refractivity contribution is 5.39. The molecule has 0 aliphatic carbocycles. The Kier molecular flexibility index (Phi) is 2.18. The van der Waals surface area contributed by atoms with Gasteiger partial charge in [-0.2, -0.15) is 0 Å². The SMILES string of the molecule is Cc1cc(C)c(O)c(C)c(=O)c1. The van der Waals surface area contributed by atoms with Gasteiger partial charge in [-0.1, -0.05) is 6.07 Å². The van der Waals surface area contributed by atoms with Crippen LogP contribution in [-0.2, 0) is 0 Å². The Morgan fingerprint density at radius 3 is 2.33 bits per heavy atom. The Morgan fingerprint density at radius 1 is 1.17 bits per heavy atom. The minimum atomic E-state index is -0.113. The quantitative estimate of drug-likeness (QED) is 0.633. The summed E-state index contributed by atoms with van der Waals surface area (Å²) < 4.78 is 0. The molecule has 1 aromatic rings. The molecule has 0 fully saturated rings. The fourth-order valence-electron chi connectivity index (χ4n) is 1.18. The van der Waals surface area contributed by atoms with Crippen molar-refractivity contribution in [3.63, 3.8) is 0 Å². The summed E-state index contributed by atoms with van der Waals surface area (Å²) in [6.07, 6.45) is 0. The van der Waals surface area contributed by atoms with Crippen LogP contribution in [-0.4, -0.2) is 5.11 Å². The standard InChI is InChI=1S/C10H12O2/c1-6-4-7(2)10(12)8(3)9(11)5-6/h4-5,12H,1-3H3. The monoisotopic (exact) mass is 164 g/mol. The van der Waals surface area contributed by atoms with Crippen LogP contribution in [0.1, 0.15) is 16.7 Å². The number of rotatable bonds is 0. The first-order chi connectivity index (χ1) is 5.52. The lowest BCUT2D eigenvalue weighted by atomic mass is 10.2. The molecule has 12 heavy (non-hydrogen) atoms. The predicted octanol–water partition coefficient (Wildman–Crippen LogP) is 1.68. The maximum Gasteiger partial charge on any atom is 0.185 e. The van der Waals surface area contributed by atoms with E-state index in [0.29, 0.717) is 5.56 Å². The van der Waals surface area contributed by atoms with Crippen molar-refractivity contribution < 1.29 is 5.11 Å². The predicted molar refractivity (Wildman–Crippen MR) is 48.6 cm³/mol.